The Hall–Kier alpha value is -2.88. The number of nitrogens with one attached hydrogen (secondary N) is 1. The fraction of sp³-hybridized carbons (Fsp3) is 0.400. The SMILES string of the molecule is O=C1N[C@H]2CN(CCSc3ccccc3)C[C@@H]2OCc2cn(nn2)CCCOc2cccc1c2. The van der Waals surface area contributed by atoms with Crippen LogP contribution in [0.3, 0.4) is 0 Å². The highest BCUT2D eigenvalue weighted by atomic mass is 32.2. The fourth-order valence-corrected chi connectivity index (χ4v) is 5.19. The molecule has 1 fully saturated rings. The molecule has 0 saturated carbocycles. The molecule has 8 nitrogen and oxygen atoms in total. The monoisotopic (exact) mass is 479 g/mol. The molecule has 1 N–H and O–H groups in total. The molecule has 2 atom stereocenters. The summed E-state index contributed by atoms with van der Waals surface area (Å²) >= 11 is 1.84. The number of hydrogen-bond acceptors (Lipinski definition) is 7. The van der Waals surface area contributed by atoms with Gasteiger partial charge in [-0.3, -0.25) is 14.4 Å². The van der Waals surface area contributed by atoms with Crippen molar-refractivity contribution in [1.29, 1.82) is 0 Å². The van der Waals surface area contributed by atoms with Crippen molar-refractivity contribution < 1.29 is 14.3 Å². The molecule has 1 saturated heterocycles. The van der Waals surface area contributed by atoms with Gasteiger partial charge in [-0.1, -0.05) is 29.5 Å². The molecule has 0 aliphatic carbocycles. The third kappa shape index (κ3) is 5.97. The molecular formula is C25H29N5O3S. The van der Waals surface area contributed by atoms with Crippen molar-refractivity contribution in [3.8, 4) is 5.75 Å². The molecule has 2 aliphatic rings. The molecule has 4 bridgehead atoms. The second-order valence-electron chi connectivity index (χ2n) is 8.55. The molecule has 9 heteroatoms. The van der Waals surface area contributed by atoms with Gasteiger partial charge < -0.3 is 14.8 Å². The Morgan fingerprint density at radius 2 is 2.03 bits per heavy atom. The van der Waals surface area contributed by atoms with E-state index >= 15 is 0 Å². The van der Waals surface area contributed by atoms with Crippen molar-refractivity contribution in [2.45, 2.75) is 36.6 Å². The van der Waals surface area contributed by atoms with Crippen LogP contribution in [0.2, 0.25) is 0 Å². The van der Waals surface area contributed by atoms with Crippen molar-refractivity contribution >= 4 is 17.7 Å². The maximum Gasteiger partial charge on any atom is 0.251 e. The topological polar surface area (TPSA) is 81.5 Å². The summed E-state index contributed by atoms with van der Waals surface area (Å²) in [5.74, 6) is 1.56. The van der Waals surface area contributed by atoms with Gasteiger partial charge in [-0.2, -0.15) is 0 Å². The van der Waals surface area contributed by atoms with E-state index in [1.54, 1.807) is 6.07 Å². The number of fused-ring (bicyclic) bond motifs is 5. The standard InChI is InChI=1S/C25H29N5O3S/c31-25-19-6-4-7-21(14-19)32-12-5-10-30-15-20(27-28-30)18-33-24-17-29(16-23(24)26-25)11-13-34-22-8-2-1-3-9-22/h1-4,6-9,14-15,23-24H,5,10-13,16-18H2,(H,26,31)/t23-,24-/m0/s1. The summed E-state index contributed by atoms with van der Waals surface area (Å²) < 4.78 is 13.9. The first-order chi connectivity index (χ1) is 16.7. The van der Waals surface area contributed by atoms with Crippen molar-refractivity contribution in [2.75, 3.05) is 32.0 Å². The van der Waals surface area contributed by atoms with Crippen molar-refractivity contribution in [3.05, 3.63) is 72.1 Å². The second kappa shape index (κ2) is 11.0. The minimum Gasteiger partial charge on any atom is -0.494 e. The molecule has 2 aliphatic heterocycles. The first-order valence-electron chi connectivity index (χ1n) is 11.7. The maximum atomic E-state index is 13.0. The summed E-state index contributed by atoms with van der Waals surface area (Å²) in [7, 11) is 0. The van der Waals surface area contributed by atoms with Crippen LogP contribution in [0.1, 0.15) is 22.5 Å². The molecule has 1 amide bonds. The lowest BCUT2D eigenvalue weighted by atomic mass is 10.1. The molecule has 2 aromatic carbocycles. The van der Waals surface area contributed by atoms with Crippen LogP contribution >= 0.6 is 11.8 Å². The average Bonchev–Trinajstić information content (AvgIpc) is 3.47. The maximum absolute atomic E-state index is 13.0. The lowest BCUT2D eigenvalue weighted by molar-refractivity contribution is 0.0299. The quantitative estimate of drug-likeness (QED) is 0.577. The average molecular weight is 480 g/mol. The van der Waals surface area contributed by atoms with Gasteiger partial charge in [0.05, 0.1) is 31.6 Å². The van der Waals surface area contributed by atoms with Crippen molar-refractivity contribution in [2.24, 2.45) is 0 Å². The van der Waals surface area contributed by atoms with E-state index in [0.29, 0.717) is 31.1 Å². The number of aryl methyl sites for hydroxylation is 1. The Labute approximate surface area is 203 Å². The number of thioether (sulfide) groups is 1. The molecule has 0 unspecified atom stereocenters. The van der Waals surface area contributed by atoms with Gasteiger partial charge in [0.25, 0.3) is 5.91 Å². The smallest absolute Gasteiger partial charge is 0.251 e. The van der Waals surface area contributed by atoms with Gasteiger partial charge in [0, 0.05) is 48.8 Å². The number of carbonyl (C=O) groups is 1. The zero-order valence-electron chi connectivity index (χ0n) is 19.0. The number of carbonyl (C=O) groups excluding carboxylic acids is 1. The molecule has 3 heterocycles. The molecule has 0 spiro atoms. The Balaban J connectivity index is 1.28. The Kier molecular flexibility index (Phi) is 7.43. The van der Waals surface area contributed by atoms with Crippen molar-refractivity contribution in [3.63, 3.8) is 0 Å². The predicted molar refractivity (Wildman–Crippen MR) is 130 cm³/mol. The Morgan fingerprint density at radius 3 is 2.94 bits per heavy atom. The number of hydrogen-bond donors (Lipinski definition) is 1. The van der Waals surface area contributed by atoms with Crippen LogP contribution < -0.4 is 10.1 Å². The molecule has 34 heavy (non-hydrogen) atoms. The molecule has 0 radical (unpaired) electrons. The number of benzene rings is 2. The van der Waals surface area contributed by atoms with E-state index < -0.39 is 0 Å². The first-order valence-corrected chi connectivity index (χ1v) is 12.7. The third-order valence-electron chi connectivity index (χ3n) is 6.01. The van der Waals surface area contributed by atoms with Gasteiger partial charge in [-0.05, 0) is 30.3 Å². The number of aromatic nitrogens is 3. The zero-order valence-corrected chi connectivity index (χ0v) is 19.8. The number of nitrogens with zero attached hydrogens (tertiary/aromatic N) is 4. The minimum atomic E-state index is -0.122. The number of amides is 1. The van der Waals surface area contributed by atoms with Gasteiger partial charge in [-0.25, -0.2) is 0 Å². The molecule has 5 rings (SSSR count). The summed E-state index contributed by atoms with van der Waals surface area (Å²) in [4.78, 5) is 16.7. The van der Waals surface area contributed by atoms with E-state index in [4.69, 9.17) is 9.47 Å². The Morgan fingerprint density at radius 1 is 1.12 bits per heavy atom. The predicted octanol–water partition coefficient (Wildman–Crippen LogP) is 2.85. The van der Waals surface area contributed by atoms with E-state index in [9.17, 15) is 4.79 Å². The highest BCUT2D eigenvalue weighted by Gasteiger charge is 2.34. The van der Waals surface area contributed by atoms with Crippen molar-refractivity contribution in [1.82, 2.24) is 25.2 Å². The van der Waals surface area contributed by atoms with E-state index in [0.717, 1.165) is 37.5 Å². The highest BCUT2D eigenvalue weighted by Crippen LogP contribution is 2.21. The largest absolute Gasteiger partial charge is 0.494 e. The van der Waals surface area contributed by atoms with Gasteiger partial charge >= 0.3 is 0 Å². The summed E-state index contributed by atoms with van der Waals surface area (Å²) in [5, 5.41) is 11.6. The summed E-state index contributed by atoms with van der Waals surface area (Å²) in [6, 6.07) is 17.7. The van der Waals surface area contributed by atoms with Crippen LogP contribution in [0.25, 0.3) is 0 Å². The van der Waals surface area contributed by atoms with Crippen LogP contribution in [0.5, 0.6) is 5.75 Å². The summed E-state index contributed by atoms with van der Waals surface area (Å²) in [6.45, 7) is 4.05. The summed E-state index contributed by atoms with van der Waals surface area (Å²) in [5.41, 5.74) is 1.39. The van der Waals surface area contributed by atoms with Crippen LogP contribution in [-0.4, -0.2) is 69.9 Å². The Bertz CT molecular complexity index is 1090. The van der Waals surface area contributed by atoms with Gasteiger partial charge in [0.2, 0.25) is 0 Å². The zero-order chi connectivity index (χ0) is 23.2. The summed E-state index contributed by atoms with van der Waals surface area (Å²) in [6.07, 6.45) is 2.59. The fourth-order valence-electron chi connectivity index (χ4n) is 4.25. The van der Waals surface area contributed by atoms with Gasteiger partial charge in [-0.15, -0.1) is 16.9 Å². The number of ether oxygens (including phenoxy) is 2. The van der Waals surface area contributed by atoms with E-state index in [2.05, 4.69) is 44.8 Å². The second-order valence-corrected chi connectivity index (χ2v) is 9.72. The molecule has 178 valence electrons. The number of rotatable bonds is 4. The van der Waals surface area contributed by atoms with Crippen LogP contribution in [-0.2, 0) is 17.9 Å². The van der Waals surface area contributed by atoms with Gasteiger partial charge in [0.1, 0.15) is 11.4 Å². The van der Waals surface area contributed by atoms with Crippen LogP contribution in [0.15, 0.2) is 65.7 Å². The van der Waals surface area contributed by atoms with E-state index in [1.165, 1.54) is 4.90 Å². The molecule has 1 aromatic heterocycles. The molecular weight excluding hydrogens is 450 g/mol. The normalized spacial score (nSPS) is 21.5. The third-order valence-corrected chi connectivity index (χ3v) is 7.00. The highest BCUT2D eigenvalue weighted by molar-refractivity contribution is 7.99. The molecule has 3 aromatic rings. The minimum absolute atomic E-state index is 0.109. The first kappa shape index (κ1) is 22.9. The lowest BCUT2D eigenvalue weighted by Crippen LogP contribution is -2.44. The van der Waals surface area contributed by atoms with Crippen LogP contribution in [0, 0.1) is 0 Å². The van der Waals surface area contributed by atoms with E-state index in [1.807, 2.05) is 46.9 Å². The van der Waals surface area contributed by atoms with Crippen LogP contribution in [0.4, 0.5) is 0 Å². The van der Waals surface area contributed by atoms with Gasteiger partial charge in [0.15, 0.2) is 0 Å². The number of likely N-dealkylation sites (tertiary alicyclic amines) is 1. The lowest BCUT2D eigenvalue weighted by Gasteiger charge is -2.20. The van der Waals surface area contributed by atoms with E-state index in [-0.39, 0.29) is 18.1 Å².